The van der Waals surface area contributed by atoms with E-state index in [4.69, 9.17) is 4.74 Å². The van der Waals surface area contributed by atoms with E-state index in [2.05, 4.69) is 4.90 Å². The highest BCUT2D eigenvalue weighted by molar-refractivity contribution is 5.50. The van der Waals surface area contributed by atoms with Crippen LogP contribution >= 0.6 is 0 Å². The summed E-state index contributed by atoms with van der Waals surface area (Å²) in [6.07, 6.45) is 4.79. The highest BCUT2D eigenvalue weighted by Crippen LogP contribution is 2.07. The molecule has 70 valence electrons. The first kappa shape index (κ1) is 9.68. The Morgan fingerprint density at radius 3 is 2.67 bits per heavy atom. The first-order chi connectivity index (χ1) is 5.93. The fraction of sp³-hybridized carbons (Fsp3) is 0.889. The van der Waals surface area contributed by atoms with E-state index in [-0.39, 0.29) is 6.61 Å². The summed E-state index contributed by atoms with van der Waals surface area (Å²) < 4.78 is 5.08. The van der Waals surface area contributed by atoms with Crippen molar-refractivity contribution in [1.29, 1.82) is 0 Å². The van der Waals surface area contributed by atoms with Gasteiger partial charge in [0.1, 0.15) is 12.9 Å². The van der Waals surface area contributed by atoms with E-state index in [1.807, 2.05) is 0 Å². The Hall–Kier alpha value is -0.410. The molecular formula is C9H17NO2. The average Bonchev–Trinajstić information content (AvgIpc) is 2.14. The van der Waals surface area contributed by atoms with Gasteiger partial charge in [0.15, 0.2) is 0 Å². The molecule has 1 aliphatic rings. The van der Waals surface area contributed by atoms with Crippen molar-refractivity contribution >= 4 is 6.29 Å². The largest absolute Gasteiger partial charge is 0.373 e. The Kier molecular flexibility index (Phi) is 4.95. The van der Waals surface area contributed by atoms with Crippen molar-refractivity contribution < 1.29 is 9.53 Å². The third-order valence-electron chi connectivity index (χ3n) is 2.19. The molecule has 1 aliphatic heterocycles. The van der Waals surface area contributed by atoms with Crippen LogP contribution in [0.5, 0.6) is 0 Å². The van der Waals surface area contributed by atoms with Crippen LogP contribution in [0, 0.1) is 0 Å². The molecule has 0 aromatic carbocycles. The fourth-order valence-corrected chi connectivity index (χ4v) is 1.51. The summed E-state index contributed by atoms with van der Waals surface area (Å²) in [5.74, 6) is 0. The molecule has 0 bridgehead atoms. The van der Waals surface area contributed by atoms with E-state index in [1.165, 1.54) is 32.4 Å². The smallest absolute Gasteiger partial charge is 0.145 e. The first-order valence-electron chi connectivity index (χ1n) is 4.67. The molecule has 1 rings (SSSR count). The minimum atomic E-state index is 0.244. The number of aldehydes is 1. The van der Waals surface area contributed by atoms with Gasteiger partial charge in [-0.1, -0.05) is 6.42 Å². The lowest BCUT2D eigenvalue weighted by Crippen LogP contribution is -2.32. The minimum absolute atomic E-state index is 0.244. The molecule has 3 heteroatoms. The molecule has 0 spiro atoms. The second-order valence-electron chi connectivity index (χ2n) is 3.14. The molecule has 0 aliphatic carbocycles. The number of ether oxygens (including phenoxy) is 1. The van der Waals surface area contributed by atoms with Crippen LogP contribution in [-0.2, 0) is 9.53 Å². The molecular weight excluding hydrogens is 154 g/mol. The number of carbonyl (C=O) groups is 1. The van der Waals surface area contributed by atoms with Gasteiger partial charge < -0.3 is 14.4 Å². The van der Waals surface area contributed by atoms with Crippen LogP contribution < -0.4 is 0 Å². The second-order valence-corrected chi connectivity index (χ2v) is 3.14. The van der Waals surface area contributed by atoms with Crippen LogP contribution in [0.1, 0.15) is 19.3 Å². The molecule has 0 saturated carbocycles. The Labute approximate surface area is 73.7 Å². The highest BCUT2D eigenvalue weighted by Gasteiger charge is 2.08. The van der Waals surface area contributed by atoms with Crippen LogP contribution in [0.3, 0.4) is 0 Å². The SMILES string of the molecule is O=CCOCCN1CCCCC1. The number of nitrogens with zero attached hydrogens (tertiary/aromatic N) is 1. The Bertz CT molecular complexity index is 122. The predicted molar refractivity (Wildman–Crippen MR) is 47.2 cm³/mol. The summed E-state index contributed by atoms with van der Waals surface area (Å²) in [5, 5.41) is 0. The van der Waals surface area contributed by atoms with Crippen molar-refractivity contribution in [3.05, 3.63) is 0 Å². The topological polar surface area (TPSA) is 29.5 Å². The molecule has 0 atom stereocenters. The maximum atomic E-state index is 9.92. The summed E-state index contributed by atoms with van der Waals surface area (Å²) in [6.45, 7) is 4.31. The zero-order valence-corrected chi connectivity index (χ0v) is 7.50. The lowest BCUT2D eigenvalue weighted by Gasteiger charge is -2.25. The van der Waals surface area contributed by atoms with Gasteiger partial charge in [-0.2, -0.15) is 0 Å². The van der Waals surface area contributed by atoms with Gasteiger partial charge >= 0.3 is 0 Å². The van der Waals surface area contributed by atoms with Crippen LogP contribution in [0.2, 0.25) is 0 Å². The van der Waals surface area contributed by atoms with Crippen molar-refractivity contribution in [2.24, 2.45) is 0 Å². The fourth-order valence-electron chi connectivity index (χ4n) is 1.51. The second kappa shape index (κ2) is 6.14. The zero-order chi connectivity index (χ0) is 8.65. The number of likely N-dealkylation sites (tertiary alicyclic amines) is 1. The zero-order valence-electron chi connectivity index (χ0n) is 7.50. The normalized spacial score (nSPS) is 19.3. The standard InChI is InChI=1S/C9H17NO2/c11-7-9-12-8-6-10-4-2-1-3-5-10/h7H,1-6,8-9H2. The molecule has 0 aromatic rings. The van der Waals surface area contributed by atoms with E-state index in [0.717, 1.165) is 12.8 Å². The number of piperidine rings is 1. The number of rotatable bonds is 5. The third kappa shape index (κ3) is 3.83. The van der Waals surface area contributed by atoms with Gasteiger partial charge in [0, 0.05) is 6.54 Å². The lowest BCUT2D eigenvalue weighted by atomic mass is 10.1. The molecule has 0 unspecified atom stereocenters. The summed E-state index contributed by atoms with van der Waals surface area (Å²) in [6, 6.07) is 0. The first-order valence-corrected chi connectivity index (χ1v) is 4.67. The number of carbonyl (C=O) groups excluding carboxylic acids is 1. The van der Waals surface area contributed by atoms with Crippen LogP contribution in [0.15, 0.2) is 0 Å². The van der Waals surface area contributed by atoms with Crippen molar-refractivity contribution in [3.8, 4) is 0 Å². The Morgan fingerprint density at radius 2 is 2.00 bits per heavy atom. The molecule has 1 heterocycles. The third-order valence-corrected chi connectivity index (χ3v) is 2.19. The van der Waals surface area contributed by atoms with E-state index in [1.54, 1.807) is 0 Å². The van der Waals surface area contributed by atoms with E-state index in [0.29, 0.717) is 6.61 Å². The molecule has 1 fully saturated rings. The van der Waals surface area contributed by atoms with Crippen LogP contribution in [0.25, 0.3) is 0 Å². The van der Waals surface area contributed by atoms with Crippen LogP contribution in [-0.4, -0.2) is 44.0 Å². The highest BCUT2D eigenvalue weighted by atomic mass is 16.5. The van der Waals surface area contributed by atoms with Crippen molar-refractivity contribution in [2.45, 2.75) is 19.3 Å². The number of hydrogen-bond acceptors (Lipinski definition) is 3. The maximum Gasteiger partial charge on any atom is 0.145 e. The summed E-state index contributed by atoms with van der Waals surface area (Å²) in [7, 11) is 0. The molecule has 0 aromatic heterocycles. The maximum absolute atomic E-state index is 9.92. The molecule has 3 nitrogen and oxygen atoms in total. The van der Waals surface area contributed by atoms with Crippen molar-refractivity contribution in [1.82, 2.24) is 4.90 Å². The van der Waals surface area contributed by atoms with Gasteiger partial charge in [-0.3, -0.25) is 0 Å². The predicted octanol–water partition coefficient (Wildman–Crippen LogP) is 0.688. The summed E-state index contributed by atoms with van der Waals surface area (Å²) in [5.41, 5.74) is 0. The Balaban J connectivity index is 1.94. The van der Waals surface area contributed by atoms with Crippen LogP contribution in [0.4, 0.5) is 0 Å². The van der Waals surface area contributed by atoms with Crippen molar-refractivity contribution in [3.63, 3.8) is 0 Å². The molecule has 0 amide bonds. The lowest BCUT2D eigenvalue weighted by molar-refractivity contribution is -0.112. The van der Waals surface area contributed by atoms with Gasteiger partial charge in [0.05, 0.1) is 6.61 Å². The molecule has 1 saturated heterocycles. The number of hydrogen-bond donors (Lipinski definition) is 0. The summed E-state index contributed by atoms with van der Waals surface area (Å²) in [4.78, 5) is 12.3. The Morgan fingerprint density at radius 1 is 1.25 bits per heavy atom. The van der Waals surface area contributed by atoms with E-state index >= 15 is 0 Å². The average molecular weight is 171 g/mol. The van der Waals surface area contributed by atoms with Gasteiger partial charge in [0.25, 0.3) is 0 Å². The summed E-state index contributed by atoms with van der Waals surface area (Å²) >= 11 is 0. The minimum Gasteiger partial charge on any atom is -0.373 e. The quantitative estimate of drug-likeness (QED) is 0.450. The monoisotopic (exact) mass is 171 g/mol. The van der Waals surface area contributed by atoms with Gasteiger partial charge in [-0.15, -0.1) is 0 Å². The van der Waals surface area contributed by atoms with E-state index in [9.17, 15) is 4.79 Å². The molecule has 12 heavy (non-hydrogen) atoms. The van der Waals surface area contributed by atoms with Gasteiger partial charge in [0.2, 0.25) is 0 Å². The molecule has 0 N–H and O–H groups in total. The van der Waals surface area contributed by atoms with Gasteiger partial charge in [-0.05, 0) is 25.9 Å². The van der Waals surface area contributed by atoms with E-state index < -0.39 is 0 Å². The van der Waals surface area contributed by atoms with Gasteiger partial charge in [-0.25, -0.2) is 0 Å². The van der Waals surface area contributed by atoms with Crippen molar-refractivity contribution in [2.75, 3.05) is 32.8 Å². The molecule has 0 radical (unpaired) electrons.